The summed E-state index contributed by atoms with van der Waals surface area (Å²) in [6.45, 7) is 3.50. The molecule has 5 atom stereocenters. The average molecular weight is 492 g/mol. The number of carbonyl (C=O) groups excluding carboxylic acids is 2. The molecule has 2 N–H and O–H groups in total. The van der Waals surface area contributed by atoms with Gasteiger partial charge >= 0.3 is 13.8 Å². The number of carbonyl (C=O) groups is 2. The van der Waals surface area contributed by atoms with Crippen molar-refractivity contribution in [1.29, 1.82) is 0 Å². The van der Waals surface area contributed by atoms with Gasteiger partial charge in [-0.05, 0) is 12.8 Å². The Morgan fingerprint density at radius 1 is 1.27 bits per heavy atom. The summed E-state index contributed by atoms with van der Waals surface area (Å²) in [5.41, 5.74) is 0.638. The monoisotopic (exact) mass is 492 g/mol. The maximum Gasteiger partial charge on any atom is 0.472 e. The first-order valence-electron chi connectivity index (χ1n) is 10.3. The van der Waals surface area contributed by atoms with E-state index in [1.165, 1.54) is 17.2 Å². The van der Waals surface area contributed by atoms with Gasteiger partial charge in [0.25, 0.3) is 0 Å². The van der Waals surface area contributed by atoms with E-state index >= 15 is 0 Å². The zero-order valence-corrected chi connectivity index (χ0v) is 21.4. The molecular formula is C18H24N5NaO8P. The van der Waals surface area contributed by atoms with Crippen LogP contribution < -0.4 is 5.32 Å². The molecule has 4 rings (SSSR count). The van der Waals surface area contributed by atoms with Crippen molar-refractivity contribution in [2.45, 2.75) is 64.1 Å². The van der Waals surface area contributed by atoms with Crippen LogP contribution in [0, 0.1) is 0 Å². The third-order valence-corrected chi connectivity index (χ3v) is 6.02. The number of phosphoric ester groups is 1. The topological polar surface area (TPSA) is 164 Å². The molecule has 2 aliphatic heterocycles. The second kappa shape index (κ2) is 10.9. The largest absolute Gasteiger partial charge is 0.472 e. The Morgan fingerprint density at radius 3 is 2.76 bits per heavy atom. The number of esters is 1. The summed E-state index contributed by atoms with van der Waals surface area (Å²) < 4.78 is 35.1. The van der Waals surface area contributed by atoms with Gasteiger partial charge < -0.3 is 19.7 Å². The third kappa shape index (κ3) is 5.63. The molecule has 5 unspecified atom stereocenters. The minimum absolute atomic E-state index is 0. The predicted molar refractivity (Wildman–Crippen MR) is 114 cm³/mol. The van der Waals surface area contributed by atoms with Crippen molar-refractivity contribution in [1.82, 2.24) is 19.5 Å². The van der Waals surface area contributed by atoms with Crippen molar-refractivity contribution < 1.29 is 37.6 Å². The molecule has 2 aromatic rings. The summed E-state index contributed by atoms with van der Waals surface area (Å²) >= 11 is 0. The van der Waals surface area contributed by atoms with Crippen LogP contribution in [0.25, 0.3) is 11.2 Å². The molecule has 2 aliphatic rings. The van der Waals surface area contributed by atoms with Crippen LogP contribution in [-0.4, -0.2) is 90.8 Å². The number of fused-ring (bicyclic) bond motifs is 2. The number of rotatable bonds is 7. The SMILES string of the molecule is CCCC(=O)Nc1ncnc2c1ncn2C1OC2COP(=O)(O)OC2C1OC(=O)CCC.[Na]. The average Bonchev–Trinajstić information content (AvgIpc) is 3.30. The Kier molecular flexibility index (Phi) is 8.62. The van der Waals surface area contributed by atoms with E-state index in [1.807, 2.05) is 13.8 Å². The van der Waals surface area contributed by atoms with E-state index in [9.17, 15) is 19.0 Å². The molecule has 0 bridgehead atoms. The molecule has 2 saturated heterocycles. The van der Waals surface area contributed by atoms with Crippen molar-refractivity contribution >= 4 is 66.2 Å². The minimum Gasteiger partial charge on any atom is -0.455 e. The first-order chi connectivity index (χ1) is 15.3. The van der Waals surface area contributed by atoms with Crippen LogP contribution in [0.5, 0.6) is 0 Å². The van der Waals surface area contributed by atoms with Gasteiger partial charge in [-0.3, -0.25) is 23.2 Å². The van der Waals surface area contributed by atoms with Gasteiger partial charge in [-0.15, -0.1) is 0 Å². The maximum absolute atomic E-state index is 12.3. The van der Waals surface area contributed by atoms with Crippen molar-refractivity contribution in [3.05, 3.63) is 12.7 Å². The van der Waals surface area contributed by atoms with Crippen molar-refractivity contribution in [2.75, 3.05) is 11.9 Å². The molecule has 0 saturated carbocycles. The van der Waals surface area contributed by atoms with E-state index in [-0.39, 0.29) is 54.3 Å². The molecular weight excluding hydrogens is 468 g/mol. The Bertz CT molecular complexity index is 1070. The number of hydrogen-bond acceptors (Lipinski definition) is 10. The van der Waals surface area contributed by atoms with E-state index in [0.29, 0.717) is 30.4 Å². The zero-order chi connectivity index (χ0) is 22.9. The van der Waals surface area contributed by atoms with Crippen LogP contribution in [0.3, 0.4) is 0 Å². The van der Waals surface area contributed by atoms with Crippen molar-refractivity contribution in [2.24, 2.45) is 0 Å². The molecule has 175 valence electrons. The van der Waals surface area contributed by atoms with Crippen LogP contribution in [0.4, 0.5) is 5.82 Å². The molecule has 15 heteroatoms. The number of phosphoric acid groups is 1. The molecule has 2 fully saturated rings. The zero-order valence-electron chi connectivity index (χ0n) is 18.5. The minimum atomic E-state index is -4.30. The Balaban J connectivity index is 0.00000306. The van der Waals surface area contributed by atoms with Crippen molar-refractivity contribution in [3.8, 4) is 0 Å². The van der Waals surface area contributed by atoms with E-state index in [1.54, 1.807) is 0 Å². The van der Waals surface area contributed by atoms with Gasteiger partial charge in [0.1, 0.15) is 18.5 Å². The van der Waals surface area contributed by atoms with Gasteiger partial charge in [0.2, 0.25) is 5.91 Å². The summed E-state index contributed by atoms with van der Waals surface area (Å²) in [6.07, 6.45) is 0.639. The quantitative estimate of drug-likeness (QED) is 0.325. The second-order valence-electron chi connectivity index (χ2n) is 7.45. The molecule has 1 amide bonds. The number of hydrogen-bond donors (Lipinski definition) is 2. The van der Waals surface area contributed by atoms with Crippen LogP contribution in [0.1, 0.15) is 45.8 Å². The molecule has 0 spiro atoms. The van der Waals surface area contributed by atoms with E-state index in [2.05, 4.69) is 20.3 Å². The predicted octanol–water partition coefficient (Wildman–Crippen LogP) is 1.31. The summed E-state index contributed by atoms with van der Waals surface area (Å²) in [6, 6.07) is 0. The number of imidazole rings is 1. The molecule has 1 radical (unpaired) electrons. The number of amides is 1. The number of ether oxygens (including phenoxy) is 2. The summed E-state index contributed by atoms with van der Waals surface area (Å²) in [7, 11) is -4.30. The summed E-state index contributed by atoms with van der Waals surface area (Å²) in [4.78, 5) is 46.7. The summed E-state index contributed by atoms with van der Waals surface area (Å²) in [5, 5.41) is 2.70. The Labute approximate surface area is 211 Å². The Hall–Kier alpha value is -1.44. The number of anilines is 1. The van der Waals surface area contributed by atoms with Crippen molar-refractivity contribution in [3.63, 3.8) is 0 Å². The van der Waals surface area contributed by atoms with Gasteiger partial charge in [0.15, 0.2) is 29.3 Å². The molecule has 2 aromatic heterocycles. The molecule has 33 heavy (non-hydrogen) atoms. The standard InChI is InChI=1S/C18H24N5O8P.Na/c1-3-5-11(24)22-16-13-17(20-8-19-16)23(9-21-13)18-15(30-12(25)6-4-2)14-10(29-18)7-28-32(26,27)31-14;/h8-10,14-15,18H,3-7H2,1-2H3,(H,26,27)(H,19,20,22,24);. The first kappa shape index (κ1) is 26.2. The fraction of sp³-hybridized carbons (Fsp3) is 0.611. The molecule has 4 heterocycles. The molecule has 0 aliphatic carbocycles. The molecule has 13 nitrogen and oxygen atoms in total. The van der Waals surface area contributed by atoms with E-state index in [4.69, 9.17) is 18.5 Å². The first-order valence-corrected chi connectivity index (χ1v) is 11.8. The van der Waals surface area contributed by atoms with E-state index < -0.39 is 38.3 Å². The van der Waals surface area contributed by atoms with Gasteiger partial charge in [-0.2, -0.15) is 0 Å². The normalized spacial score (nSPS) is 28.7. The smallest absolute Gasteiger partial charge is 0.455 e. The number of aromatic nitrogens is 4. The van der Waals surface area contributed by atoms with Crippen LogP contribution in [-0.2, 0) is 32.7 Å². The fourth-order valence-corrected chi connectivity index (χ4v) is 4.60. The van der Waals surface area contributed by atoms with Gasteiger partial charge in [-0.25, -0.2) is 19.5 Å². The maximum atomic E-state index is 12.3. The molecule has 0 aromatic carbocycles. The van der Waals surface area contributed by atoms with Crippen LogP contribution in [0.15, 0.2) is 12.7 Å². The van der Waals surface area contributed by atoms with Crippen LogP contribution >= 0.6 is 7.82 Å². The van der Waals surface area contributed by atoms with E-state index in [0.717, 1.165) is 0 Å². The van der Waals surface area contributed by atoms with Gasteiger partial charge in [0.05, 0.1) is 12.9 Å². The van der Waals surface area contributed by atoms with Gasteiger partial charge in [-0.1, -0.05) is 13.8 Å². The number of nitrogens with zero attached hydrogens (tertiary/aromatic N) is 4. The number of nitrogens with one attached hydrogen (secondary N) is 1. The Morgan fingerprint density at radius 2 is 2.03 bits per heavy atom. The summed E-state index contributed by atoms with van der Waals surface area (Å²) in [5.74, 6) is -0.469. The van der Waals surface area contributed by atoms with Gasteiger partial charge in [0, 0.05) is 42.4 Å². The third-order valence-electron chi connectivity index (χ3n) is 5.03. The van der Waals surface area contributed by atoms with Crippen LogP contribution in [0.2, 0.25) is 0 Å². The second-order valence-corrected chi connectivity index (χ2v) is 8.85. The fourth-order valence-electron chi connectivity index (χ4n) is 3.64.